The van der Waals surface area contributed by atoms with E-state index >= 15 is 0 Å². The number of benzene rings is 1. The van der Waals surface area contributed by atoms with Crippen molar-refractivity contribution in [3.05, 3.63) is 49.3 Å². The summed E-state index contributed by atoms with van der Waals surface area (Å²) >= 11 is 0. The fourth-order valence-electron chi connectivity index (χ4n) is 1.61. The molecule has 0 atom stereocenters. The van der Waals surface area contributed by atoms with E-state index in [1.165, 1.54) is 18.3 Å². The lowest BCUT2D eigenvalue weighted by Gasteiger charge is -2.08. The van der Waals surface area contributed by atoms with Crippen molar-refractivity contribution in [1.29, 1.82) is 0 Å². The third kappa shape index (κ3) is 2.10. The number of phenolic OH excluding ortho intramolecular Hbond substituents is 2. The van der Waals surface area contributed by atoms with Gasteiger partial charge in [0.15, 0.2) is 11.5 Å². The minimum atomic E-state index is -0.370. The van der Waals surface area contributed by atoms with Crippen LogP contribution in [-0.4, -0.2) is 21.1 Å². The van der Waals surface area contributed by atoms with E-state index in [1.54, 1.807) is 18.3 Å². The summed E-state index contributed by atoms with van der Waals surface area (Å²) in [6.07, 6.45) is 2.96. The van der Waals surface area contributed by atoms with Gasteiger partial charge >= 0.3 is 0 Å². The molecule has 0 aliphatic carbocycles. The van der Waals surface area contributed by atoms with Crippen LogP contribution in [0.15, 0.2) is 36.7 Å². The van der Waals surface area contributed by atoms with Gasteiger partial charge in [-0.3, -0.25) is 9.78 Å². The summed E-state index contributed by atoms with van der Waals surface area (Å²) in [4.78, 5) is 15.5. The Labute approximate surface area is 104 Å². The van der Waals surface area contributed by atoms with Gasteiger partial charge in [0.05, 0.1) is 5.56 Å². The molecule has 0 unspecified atom stereocenters. The summed E-state index contributed by atoms with van der Waals surface area (Å²) in [6, 6.07) is 5.99. The Balaban J connectivity index is 2.56. The molecular formula is C13H11N2O3. The second kappa shape index (κ2) is 4.75. The van der Waals surface area contributed by atoms with Gasteiger partial charge in [-0.25, -0.2) is 0 Å². The molecule has 3 N–H and O–H groups in total. The van der Waals surface area contributed by atoms with Crippen molar-refractivity contribution in [3.63, 3.8) is 0 Å². The first kappa shape index (κ1) is 11.9. The van der Waals surface area contributed by atoms with Crippen molar-refractivity contribution in [2.24, 2.45) is 0 Å². The van der Waals surface area contributed by atoms with Crippen molar-refractivity contribution in [3.8, 4) is 22.6 Å². The van der Waals surface area contributed by atoms with Crippen LogP contribution in [0.2, 0.25) is 0 Å². The second-order valence-corrected chi connectivity index (χ2v) is 3.63. The van der Waals surface area contributed by atoms with Crippen LogP contribution in [-0.2, 0) is 0 Å². The van der Waals surface area contributed by atoms with E-state index in [9.17, 15) is 15.0 Å². The zero-order valence-corrected chi connectivity index (χ0v) is 9.42. The average molecular weight is 243 g/mol. The quantitative estimate of drug-likeness (QED) is 0.701. The number of hydrogen-bond acceptors (Lipinski definition) is 4. The molecule has 1 radical (unpaired) electrons. The van der Waals surface area contributed by atoms with Crippen LogP contribution < -0.4 is 5.32 Å². The highest BCUT2D eigenvalue weighted by molar-refractivity contribution is 6.00. The smallest absolute Gasteiger partial charge is 0.253 e. The van der Waals surface area contributed by atoms with Crippen LogP contribution in [0.25, 0.3) is 11.1 Å². The first-order valence-electron chi connectivity index (χ1n) is 5.17. The van der Waals surface area contributed by atoms with Crippen LogP contribution in [0.1, 0.15) is 10.4 Å². The highest BCUT2D eigenvalue weighted by Crippen LogP contribution is 2.31. The summed E-state index contributed by atoms with van der Waals surface area (Å²) in [5.41, 5.74) is 1.55. The molecule has 0 saturated heterocycles. The lowest BCUT2D eigenvalue weighted by Crippen LogP contribution is -2.16. The van der Waals surface area contributed by atoms with Gasteiger partial charge in [0.1, 0.15) is 0 Å². The van der Waals surface area contributed by atoms with E-state index < -0.39 is 0 Å². The predicted octanol–water partition coefficient (Wildman–Crippen LogP) is 1.68. The van der Waals surface area contributed by atoms with Crippen molar-refractivity contribution < 1.29 is 15.0 Å². The number of amides is 1. The maximum absolute atomic E-state index is 11.6. The van der Waals surface area contributed by atoms with Crippen molar-refractivity contribution in [2.75, 3.05) is 0 Å². The molecular weight excluding hydrogens is 232 g/mol. The van der Waals surface area contributed by atoms with Crippen molar-refractivity contribution >= 4 is 5.91 Å². The summed E-state index contributed by atoms with van der Waals surface area (Å²) in [6.45, 7) is 0. The molecule has 0 bridgehead atoms. The third-order valence-corrected chi connectivity index (χ3v) is 2.51. The topological polar surface area (TPSA) is 82.5 Å². The number of carbonyl (C=O) groups is 1. The minimum absolute atomic E-state index is 0.212. The molecule has 1 amide bonds. The van der Waals surface area contributed by atoms with Crippen LogP contribution in [0.3, 0.4) is 0 Å². The number of pyridine rings is 1. The Kier molecular flexibility index (Phi) is 3.14. The van der Waals surface area contributed by atoms with Crippen molar-refractivity contribution in [2.45, 2.75) is 0 Å². The Morgan fingerprint density at radius 2 is 2.00 bits per heavy atom. The third-order valence-electron chi connectivity index (χ3n) is 2.51. The highest BCUT2D eigenvalue weighted by atomic mass is 16.3. The summed E-state index contributed by atoms with van der Waals surface area (Å²) < 4.78 is 0. The average Bonchev–Trinajstić information content (AvgIpc) is 2.41. The first-order valence-corrected chi connectivity index (χ1v) is 5.17. The molecule has 2 rings (SSSR count). The largest absolute Gasteiger partial charge is 0.504 e. The molecule has 5 nitrogen and oxygen atoms in total. The number of rotatable bonds is 2. The fourth-order valence-corrected chi connectivity index (χ4v) is 1.61. The van der Waals surface area contributed by atoms with E-state index in [2.05, 4.69) is 17.3 Å². The van der Waals surface area contributed by atoms with Gasteiger partial charge in [0, 0.05) is 19.4 Å². The van der Waals surface area contributed by atoms with E-state index in [0.29, 0.717) is 16.7 Å². The molecule has 0 spiro atoms. The maximum atomic E-state index is 11.6. The van der Waals surface area contributed by atoms with Crippen LogP contribution in [0, 0.1) is 7.05 Å². The molecule has 5 heteroatoms. The lowest BCUT2D eigenvalue weighted by atomic mass is 10.0. The maximum Gasteiger partial charge on any atom is 0.253 e. The van der Waals surface area contributed by atoms with E-state index in [-0.39, 0.29) is 17.4 Å². The van der Waals surface area contributed by atoms with Gasteiger partial charge in [-0.05, 0) is 29.3 Å². The SMILES string of the molecule is [CH2]NC(=O)c1cnccc1-c1ccc(O)c(O)c1. The number of aromatic hydroxyl groups is 2. The van der Waals surface area contributed by atoms with Gasteiger partial charge in [-0.2, -0.15) is 0 Å². The predicted molar refractivity (Wildman–Crippen MR) is 65.8 cm³/mol. The molecule has 0 fully saturated rings. The molecule has 2 aromatic rings. The molecule has 0 saturated carbocycles. The number of phenols is 2. The van der Waals surface area contributed by atoms with Crippen LogP contribution in [0.5, 0.6) is 11.5 Å². The number of nitrogens with one attached hydrogen (secondary N) is 1. The zero-order valence-electron chi connectivity index (χ0n) is 9.42. The number of hydrogen-bond donors (Lipinski definition) is 3. The number of carbonyl (C=O) groups excluding carboxylic acids is 1. The standard InChI is InChI=1S/C13H11N2O3/c1-14-13(18)10-7-15-5-4-9(10)8-2-3-11(16)12(17)6-8/h2-7,16-17H,1H2,(H,14,18). The molecule has 1 heterocycles. The highest BCUT2D eigenvalue weighted by Gasteiger charge is 2.12. The van der Waals surface area contributed by atoms with Gasteiger partial charge in [0.2, 0.25) is 0 Å². The normalized spacial score (nSPS) is 10.1. The minimum Gasteiger partial charge on any atom is -0.504 e. The Morgan fingerprint density at radius 3 is 2.67 bits per heavy atom. The van der Waals surface area contributed by atoms with Gasteiger partial charge in [-0.15, -0.1) is 0 Å². The Bertz CT molecular complexity index is 597. The Hall–Kier alpha value is -2.56. The van der Waals surface area contributed by atoms with E-state index in [1.807, 2.05) is 0 Å². The molecule has 1 aromatic heterocycles. The molecule has 91 valence electrons. The Morgan fingerprint density at radius 1 is 1.22 bits per heavy atom. The number of nitrogens with zero attached hydrogens (tertiary/aromatic N) is 1. The zero-order chi connectivity index (χ0) is 13.1. The second-order valence-electron chi connectivity index (χ2n) is 3.63. The van der Waals surface area contributed by atoms with Gasteiger partial charge < -0.3 is 15.5 Å². The lowest BCUT2D eigenvalue weighted by molar-refractivity contribution is 0.0969. The molecule has 18 heavy (non-hydrogen) atoms. The van der Waals surface area contributed by atoms with Crippen molar-refractivity contribution in [1.82, 2.24) is 10.3 Å². The van der Waals surface area contributed by atoms with Gasteiger partial charge in [0.25, 0.3) is 5.91 Å². The van der Waals surface area contributed by atoms with Crippen LogP contribution in [0.4, 0.5) is 0 Å². The summed E-state index contributed by atoms with van der Waals surface area (Å²) in [5.74, 6) is -0.827. The summed E-state index contributed by atoms with van der Waals surface area (Å²) in [5, 5.41) is 21.0. The summed E-state index contributed by atoms with van der Waals surface area (Å²) in [7, 11) is 3.31. The number of aromatic nitrogens is 1. The monoisotopic (exact) mass is 243 g/mol. The molecule has 0 aliphatic heterocycles. The molecule has 0 aliphatic rings. The van der Waals surface area contributed by atoms with E-state index in [4.69, 9.17) is 0 Å². The van der Waals surface area contributed by atoms with E-state index in [0.717, 1.165) is 0 Å². The first-order chi connectivity index (χ1) is 8.63. The van der Waals surface area contributed by atoms with Gasteiger partial charge in [-0.1, -0.05) is 6.07 Å². The van der Waals surface area contributed by atoms with Crippen LogP contribution >= 0.6 is 0 Å². The molecule has 1 aromatic carbocycles. The fraction of sp³-hybridized carbons (Fsp3) is 0.